The lowest BCUT2D eigenvalue weighted by Gasteiger charge is -2.25. The Balaban J connectivity index is 2.66. The third kappa shape index (κ3) is 7.03. The number of likely N-dealkylation sites (N-methyl/N-ethyl adjacent to an activating group) is 1. The molecule has 0 heterocycles. The molecule has 6 heteroatoms. The van der Waals surface area contributed by atoms with E-state index in [9.17, 15) is 4.79 Å². The maximum Gasteiger partial charge on any atom is 0.240 e. The second-order valence-corrected chi connectivity index (χ2v) is 7.56. The Bertz CT molecular complexity index is 617. The molecule has 1 aromatic rings. The quantitative estimate of drug-likeness (QED) is 0.632. The van der Waals surface area contributed by atoms with Gasteiger partial charge in [-0.2, -0.15) is 0 Å². The van der Waals surface area contributed by atoms with Gasteiger partial charge in [0, 0.05) is 46.0 Å². The molecule has 1 rings (SSSR count). The molecule has 0 aliphatic rings. The topological polar surface area (TPSA) is 60.0 Å². The smallest absolute Gasteiger partial charge is 0.240 e. The summed E-state index contributed by atoms with van der Waals surface area (Å²) in [6, 6.07) is 6.39. The van der Waals surface area contributed by atoms with E-state index >= 15 is 0 Å². The maximum atomic E-state index is 12.1. The molecule has 0 saturated carbocycles. The third-order valence-corrected chi connectivity index (χ3v) is 3.75. The molecule has 0 fully saturated rings. The van der Waals surface area contributed by atoms with Gasteiger partial charge < -0.3 is 20.4 Å². The Kier molecular flexibility index (Phi) is 7.27. The van der Waals surface area contributed by atoms with Gasteiger partial charge in [0.05, 0.1) is 6.54 Å². The predicted octanol–water partition coefficient (Wildman–Crippen LogP) is 1.98. The molecule has 0 unspecified atom stereocenters. The molecule has 25 heavy (non-hydrogen) atoms. The van der Waals surface area contributed by atoms with Crippen LogP contribution in [0.15, 0.2) is 23.2 Å². The maximum absolute atomic E-state index is 12.1. The first-order valence-corrected chi connectivity index (χ1v) is 8.53. The summed E-state index contributed by atoms with van der Waals surface area (Å²) in [5.41, 5.74) is 3.38. The van der Waals surface area contributed by atoms with Crippen molar-refractivity contribution in [2.24, 2.45) is 4.99 Å². The highest BCUT2D eigenvalue weighted by atomic mass is 16.2. The fourth-order valence-electron chi connectivity index (χ4n) is 2.46. The zero-order valence-corrected chi connectivity index (χ0v) is 16.9. The SMILES string of the molecule is CN=C(NCc1ccc(N(C)C)cc1C)N(C)CC(=O)NC(C)(C)C. The second kappa shape index (κ2) is 8.74. The van der Waals surface area contributed by atoms with Gasteiger partial charge in [0.25, 0.3) is 0 Å². The first-order valence-electron chi connectivity index (χ1n) is 8.53. The molecule has 1 amide bonds. The molecule has 0 aliphatic carbocycles. The number of hydrogen-bond donors (Lipinski definition) is 2. The third-order valence-electron chi connectivity index (χ3n) is 3.75. The van der Waals surface area contributed by atoms with Crippen molar-refractivity contribution in [3.63, 3.8) is 0 Å². The highest BCUT2D eigenvalue weighted by Gasteiger charge is 2.16. The van der Waals surface area contributed by atoms with Gasteiger partial charge in [-0.05, 0) is 51.0 Å². The lowest BCUT2D eigenvalue weighted by Crippen LogP contribution is -2.48. The Labute approximate surface area is 152 Å². The van der Waals surface area contributed by atoms with Crippen molar-refractivity contribution >= 4 is 17.6 Å². The van der Waals surface area contributed by atoms with Crippen LogP contribution in [-0.2, 0) is 11.3 Å². The van der Waals surface area contributed by atoms with Gasteiger partial charge in [-0.1, -0.05) is 6.07 Å². The fraction of sp³-hybridized carbons (Fsp3) is 0.579. The van der Waals surface area contributed by atoms with Crippen LogP contribution in [0.5, 0.6) is 0 Å². The van der Waals surface area contributed by atoms with Crippen molar-refractivity contribution in [1.82, 2.24) is 15.5 Å². The number of anilines is 1. The molecule has 0 saturated heterocycles. The van der Waals surface area contributed by atoms with Gasteiger partial charge in [-0.15, -0.1) is 0 Å². The van der Waals surface area contributed by atoms with Crippen molar-refractivity contribution in [2.75, 3.05) is 39.6 Å². The first kappa shape index (κ1) is 20.8. The average molecular weight is 348 g/mol. The van der Waals surface area contributed by atoms with Crippen LogP contribution in [0, 0.1) is 6.92 Å². The van der Waals surface area contributed by atoms with E-state index in [1.165, 1.54) is 16.8 Å². The van der Waals surface area contributed by atoms with Crippen molar-refractivity contribution < 1.29 is 4.79 Å². The summed E-state index contributed by atoms with van der Waals surface area (Å²) in [6.45, 7) is 8.94. The van der Waals surface area contributed by atoms with E-state index in [0.29, 0.717) is 12.5 Å². The Hall–Kier alpha value is -2.24. The number of benzene rings is 1. The lowest BCUT2D eigenvalue weighted by molar-refractivity contribution is -0.122. The first-order chi connectivity index (χ1) is 11.5. The van der Waals surface area contributed by atoms with Gasteiger partial charge in [-0.3, -0.25) is 9.79 Å². The number of rotatable bonds is 5. The lowest BCUT2D eigenvalue weighted by atomic mass is 10.1. The summed E-state index contributed by atoms with van der Waals surface area (Å²) in [6.07, 6.45) is 0. The number of hydrogen-bond acceptors (Lipinski definition) is 3. The second-order valence-electron chi connectivity index (χ2n) is 7.56. The Morgan fingerprint density at radius 2 is 1.84 bits per heavy atom. The zero-order chi connectivity index (χ0) is 19.2. The fourth-order valence-corrected chi connectivity index (χ4v) is 2.46. The number of aliphatic imine (C=N–C) groups is 1. The van der Waals surface area contributed by atoms with E-state index in [1.54, 1.807) is 7.05 Å². The van der Waals surface area contributed by atoms with Gasteiger partial charge in [0.1, 0.15) is 0 Å². The highest BCUT2D eigenvalue weighted by molar-refractivity contribution is 5.86. The van der Waals surface area contributed by atoms with Crippen LogP contribution in [0.25, 0.3) is 0 Å². The minimum atomic E-state index is -0.236. The molecule has 140 valence electrons. The van der Waals surface area contributed by atoms with Gasteiger partial charge >= 0.3 is 0 Å². The molecule has 0 aromatic heterocycles. The molecule has 0 bridgehead atoms. The molecule has 1 aromatic carbocycles. The molecule has 6 nitrogen and oxygen atoms in total. The standard InChI is InChI=1S/C19H33N5O/c1-14-11-16(23(6)7)10-9-15(14)12-21-18(20-5)24(8)13-17(25)22-19(2,3)4/h9-11H,12-13H2,1-8H3,(H,20,21)(H,22,25). The summed E-state index contributed by atoms with van der Waals surface area (Å²) >= 11 is 0. The van der Waals surface area contributed by atoms with Crippen LogP contribution in [0.3, 0.4) is 0 Å². The van der Waals surface area contributed by atoms with Crippen LogP contribution < -0.4 is 15.5 Å². The number of carbonyl (C=O) groups is 1. The summed E-state index contributed by atoms with van der Waals surface area (Å²) in [4.78, 5) is 20.3. The summed E-state index contributed by atoms with van der Waals surface area (Å²) in [5, 5.41) is 6.29. The van der Waals surface area contributed by atoms with Gasteiger partial charge in [0.2, 0.25) is 5.91 Å². The van der Waals surface area contributed by atoms with Crippen molar-refractivity contribution in [2.45, 2.75) is 39.8 Å². The van der Waals surface area contributed by atoms with Crippen LogP contribution >= 0.6 is 0 Å². The number of amides is 1. The van der Waals surface area contributed by atoms with Crippen molar-refractivity contribution in [3.8, 4) is 0 Å². The zero-order valence-electron chi connectivity index (χ0n) is 16.9. The Morgan fingerprint density at radius 3 is 2.32 bits per heavy atom. The summed E-state index contributed by atoms with van der Waals surface area (Å²) in [7, 11) is 7.65. The van der Waals surface area contributed by atoms with E-state index in [2.05, 4.69) is 45.6 Å². The van der Waals surface area contributed by atoms with Crippen LogP contribution in [0.4, 0.5) is 5.69 Å². The molecular formula is C19H33N5O. The van der Waals surface area contributed by atoms with Crippen molar-refractivity contribution in [3.05, 3.63) is 29.3 Å². The minimum absolute atomic E-state index is 0.0236. The minimum Gasteiger partial charge on any atom is -0.378 e. The van der Waals surface area contributed by atoms with Gasteiger partial charge in [0.15, 0.2) is 5.96 Å². The van der Waals surface area contributed by atoms with Crippen LogP contribution in [0.2, 0.25) is 0 Å². The number of guanidine groups is 1. The van der Waals surface area contributed by atoms with E-state index in [4.69, 9.17) is 0 Å². The molecular weight excluding hydrogens is 314 g/mol. The largest absolute Gasteiger partial charge is 0.378 e. The predicted molar refractivity (Wildman–Crippen MR) is 106 cm³/mol. The number of nitrogens with zero attached hydrogens (tertiary/aromatic N) is 3. The number of carbonyl (C=O) groups excluding carboxylic acids is 1. The molecule has 0 radical (unpaired) electrons. The molecule has 0 atom stereocenters. The summed E-state index contributed by atoms with van der Waals surface area (Å²) < 4.78 is 0. The van der Waals surface area contributed by atoms with Crippen LogP contribution in [0.1, 0.15) is 31.9 Å². The number of aryl methyl sites for hydroxylation is 1. The Morgan fingerprint density at radius 1 is 1.20 bits per heavy atom. The highest BCUT2D eigenvalue weighted by Crippen LogP contribution is 2.17. The number of nitrogens with one attached hydrogen (secondary N) is 2. The van der Waals surface area contributed by atoms with Crippen LogP contribution in [-0.4, -0.2) is 57.0 Å². The molecule has 0 spiro atoms. The molecule has 2 N–H and O–H groups in total. The van der Waals surface area contributed by atoms with Crippen molar-refractivity contribution in [1.29, 1.82) is 0 Å². The monoisotopic (exact) mass is 347 g/mol. The van der Waals surface area contributed by atoms with E-state index in [-0.39, 0.29) is 18.0 Å². The normalized spacial score (nSPS) is 11.9. The van der Waals surface area contributed by atoms with E-state index in [1.807, 2.05) is 46.8 Å². The molecule has 0 aliphatic heterocycles. The van der Waals surface area contributed by atoms with E-state index in [0.717, 1.165) is 0 Å². The van der Waals surface area contributed by atoms with Gasteiger partial charge in [-0.25, -0.2) is 0 Å². The average Bonchev–Trinajstić information content (AvgIpc) is 2.46. The van der Waals surface area contributed by atoms with E-state index < -0.39 is 0 Å². The summed E-state index contributed by atoms with van der Waals surface area (Å²) in [5.74, 6) is 0.671.